The van der Waals surface area contributed by atoms with Gasteiger partial charge in [0.25, 0.3) is 15.9 Å². The van der Waals surface area contributed by atoms with Crippen LogP contribution in [0.2, 0.25) is 10.3 Å². The van der Waals surface area contributed by atoms with Gasteiger partial charge in [-0.2, -0.15) is 0 Å². The molecule has 2 aliphatic rings. The van der Waals surface area contributed by atoms with Crippen LogP contribution in [0.15, 0.2) is 119 Å². The molecule has 6 aromatic rings. The molecule has 1 amide bonds. The number of carbonyl (C=O) groups is 2. The summed E-state index contributed by atoms with van der Waals surface area (Å²) in [5, 5.41) is 21.8. The monoisotopic (exact) mass is 1390 g/mol. The number of pyridine rings is 2. The Kier molecular flexibility index (Phi) is 17.8. The van der Waals surface area contributed by atoms with Gasteiger partial charge < -0.3 is 14.6 Å². The molecule has 2 saturated carbocycles. The van der Waals surface area contributed by atoms with Gasteiger partial charge in [-0.05, 0) is 76.4 Å². The summed E-state index contributed by atoms with van der Waals surface area (Å²) in [6.45, 7) is 12.3. The number of carbonyl (C=O) groups excluding carboxylic acids is 1. The number of halogens is 3. The maximum absolute atomic E-state index is 12.5. The summed E-state index contributed by atoms with van der Waals surface area (Å²) in [4.78, 5) is 32.2. The number of nitrogens with one attached hydrogen (secondary N) is 1. The number of ether oxygens (including phenoxy) is 2. The molecule has 0 atom stereocenters. The molecule has 0 saturated heterocycles. The van der Waals surface area contributed by atoms with Gasteiger partial charge in [-0.3, -0.25) is 4.79 Å². The van der Waals surface area contributed by atoms with Crippen molar-refractivity contribution < 1.29 is 79.0 Å². The summed E-state index contributed by atoms with van der Waals surface area (Å²) >= 11 is 14.0. The fourth-order valence-corrected chi connectivity index (χ4v) is 9.07. The maximum Gasteiger partial charge on any atom is 0.338 e. The van der Waals surface area contributed by atoms with E-state index in [9.17, 15) is 26.4 Å². The largest absolute Gasteiger partial charge is 0.478 e. The van der Waals surface area contributed by atoms with Gasteiger partial charge >= 0.3 is 5.97 Å². The molecule has 2 aliphatic carbocycles. The summed E-state index contributed by atoms with van der Waals surface area (Å²) in [6, 6.07) is 24.0. The molecular weight excluding hydrogens is 1330 g/mol. The van der Waals surface area contributed by atoms with Crippen molar-refractivity contribution in [1.82, 2.24) is 34.3 Å². The van der Waals surface area contributed by atoms with Crippen molar-refractivity contribution >= 4 is 86.1 Å². The Balaban J connectivity index is 0.000000325. The van der Waals surface area contributed by atoms with E-state index in [1.807, 2.05) is 82.7 Å². The molecule has 2 fully saturated rings. The number of hydrogen-bond donors (Lipinski definition) is 3. The van der Waals surface area contributed by atoms with E-state index in [4.69, 9.17) is 51.1 Å². The van der Waals surface area contributed by atoms with Gasteiger partial charge in [0, 0.05) is 77.2 Å². The standard InChI is InChI=1S/C23H25ClN4O4S.C17H20ClN3O3.C6H7NO2S.CH3I.BH.U/c1-22(2)17(23(22,3)4)14-32-19-12-13-28(26-19)18-11-10-16(20(24)25-18)21(29)27-33(30,31)15-8-6-5-7-9-15;1-16(2)11(17(16,3)4)9-24-13-7-8-21(20-13)12-6-5-10(15(22)23)14(18)19-12;7-10(8,9)6-4-2-1-3-5-6;1-2;;/h5-13,17H,14H2,1-4H3,(H,27,29);5-8,11H,9H2,1-4H3,(H,22,23);1-5H,(H2,7,8,9);1H3;1H;/i14D2;9D2;;2*1D;. The molecule has 0 spiro atoms. The molecule has 378 valence electrons. The topological polar surface area (TPSA) is 241 Å². The molecule has 0 bridgehead atoms. The SMILES string of the molecule is NS(=O)(=O)c1ccccc1.[2H]C([2H])(Oc1ccn(-c2ccc(C(=O)NS(=O)(=O)c3ccccc3)c(Cl)n2)n1)C1C(C)(C)C1(C)C.[2H]C([2H])(Oc1ccn(-c2ccc(C(=O)O)c(Cl)n2)n1)C1C(C)(C)C1(C)C.[2H]CI.[2H][B].[U]. The number of benzene rings is 2. The zero-order valence-electron chi connectivity index (χ0n) is 45.8. The Morgan fingerprint density at radius 2 is 1.08 bits per heavy atom. The number of carboxylic acid groups (broad SMARTS) is 1. The first-order valence-corrected chi connectivity index (χ1v) is 26.0. The second-order valence-corrected chi connectivity index (χ2v) is 21.8. The molecule has 2 radical (unpaired) electrons. The quantitative estimate of drug-likeness (QED) is 0.0426. The van der Waals surface area contributed by atoms with Crippen molar-refractivity contribution in [1.29, 1.82) is 1.34 Å². The number of rotatable bonds is 13. The number of nitrogens with two attached hydrogens (primary N) is 1. The van der Waals surface area contributed by atoms with E-state index < -0.39 is 45.0 Å². The van der Waals surface area contributed by atoms with Crippen molar-refractivity contribution in [2.45, 2.75) is 65.2 Å². The molecule has 2 aromatic carbocycles. The third kappa shape index (κ3) is 14.4. The fraction of sp³-hybridized carbons (Fsp3) is 0.362. The fourth-order valence-electron chi connectivity index (χ4n) is 7.08. The maximum atomic E-state index is 12.5. The normalized spacial score (nSPS) is 17.2. The van der Waals surface area contributed by atoms with Gasteiger partial charge in [-0.1, -0.05) is 138 Å². The van der Waals surface area contributed by atoms with Crippen molar-refractivity contribution in [2.24, 2.45) is 38.6 Å². The third-order valence-corrected chi connectivity index (χ3v) is 15.6. The van der Waals surface area contributed by atoms with E-state index in [0.717, 1.165) is 0 Å². The van der Waals surface area contributed by atoms with Gasteiger partial charge in [0.2, 0.25) is 21.8 Å². The third-order valence-electron chi connectivity index (χ3n) is 12.7. The summed E-state index contributed by atoms with van der Waals surface area (Å²) in [5.74, 6) is -1.94. The van der Waals surface area contributed by atoms with Gasteiger partial charge in [-0.15, -0.1) is 10.2 Å². The average molecular weight is 1390 g/mol. The summed E-state index contributed by atoms with van der Waals surface area (Å²) in [5.41, 5.74) is -1.04. The minimum absolute atomic E-state index is 0. The molecular formula is C47H56BCl2IN8O9S2U. The van der Waals surface area contributed by atoms with E-state index in [2.05, 4.69) is 28.5 Å². The molecule has 8 rings (SSSR count). The zero-order chi connectivity index (χ0) is 57.6. The zero-order valence-corrected chi connectivity index (χ0v) is 49.2. The molecule has 4 N–H and O–H groups in total. The predicted molar refractivity (Wildman–Crippen MR) is 279 cm³/mol. The van der Waals surface area contributed by atoms with E-state index >= 15 is 0 Å². The van der Waals surface area contributed by atoms with Gasteiger partial charge in [-0.25, -0.2) is 50.8 Å². The van der Waals surface area contributed by atoms with Crippen LogP contribution >= 0.6 is 45.8 Å². The molecule has 17 nitrogen and oxygen atoms in total. The number of primary sulfonamides is 1. The van der Waals surface area contributed by atoms with Crippen molar-refractivity contribution in [3.63, 3.8) is 0 Å². The van der Waals surface area contributed by atoms with Crippen molar-refractivity contribution in [3.8, 4) is 23.4 Å². The summed E-state index contributed by atoms with van der Waals surface area (Å²) < 4.78 is 107. The van der Waals surface area contributed by atoms with Crippen LogP contribution in [0.3, 0.4) is 0 Å². The smallest absolute Gasteiger partial charge is 0.338 e. The van der Waals surface area contributed by atoms with E-state index in [-0.39, 0.29) is 113 Å². The van der Waals surface area contributed by atoms with Crippen LogP contribution in [0, 0.1) is 64.6 Å². The van der Waals surface area contributed by atoms with E-state index in [1.54, 1.807) is 42.6 Å². The number of aromatic carboxylic acids is 1. The Morgan fingerprint density at radius 1 is 0.718 bits per heavy atom. The first-order chi connectivity index (χ1) is 35.1. The summed E-state index contributed by atoms with van der Waals surface area (Å²) in [7, 11) is -3.83. The number of aromatic nitrogens is 6. The van der Waals surface area contributed by atoms with Gasteiger partial charge in [0.15, 0.2) is 11.6 Å². The predicted octanol–water partition coefficient (Wildman–Crippen LogP) is 8.52. The Morgan fingerprint density at radius 3 is 1.41 bits per heavy atom. The Labute approximate surface area is 473 Å². The van der Waals surface area contributed by atoms with Crippen molar-refractivity contribution in [2.75, 3.05) is 18.0 Å². The first-order valence-electron chi connectivity index (χ1n) is 24.0. The minimum Gasteiger partial charge on any atom is -0.478 e. The first kappa shape index (κ1) is 51.9. The minimum atomic E-state index is -4.08. The Bertz CT molecular complexity index is 3220. The molecule has 0 aliphatic heterocycles. The van der Waals surface area contributed by atoms with Crippen LogP contribution in [0.5, 0.6) is 11.8 Å². The molecule has 4 aromatic heterocycles. The van der Waals surface area contributed by atoms with Crippen LogP contribution in [0.1, 0.15) is 83.0 Å². The summed E-state index contributed by atoms with van der Waals surface area (Å²) in [6.07, 6.45) is 3.07. The number of carboxylic acids is 1. The molecule has 71 heavy (non-hydrogen) atoms. The van der Waals surface area contributed by atoms with Gasteiger partial charge in [0.05, 0.1) is 39.5 Å². The second-order valence-electron chi connectivity index (χ2n) is 17.8. The molecule has 0 unspecified atom stereocenters. The van der Waals surface area contributed by atoms with E-state index in [0.29, 0.717) is 10.7 Å². The van der Waals surface area contributed by atoms with Gasteiger partial charge in [0.1, 0.15) is 10.3 Å². The second kappa shape index (κ2) is 24.3. The number of nitrogens with zero attached hydrogens (tertiary/aromatic N) is 6. The number of sulfonamides is 2. The average Bonchev–Trinajstić information content (AvgIpc) is 3.67. The van der Waals surface area contributed by atoms with Crippen LogP contribution in [0.4, 0.5) is 0 Å². The van der Waals surface area contributed by atoms with Crippen molar-refractivity contribution in [3.05, 3.63) is 131 Å². The van der Waals surface area contributed by atoms with Crippen LogP contribution in [-0.4, -0.2) is 91.1 Å². The van der Waals surface area contributed by atoms with Crippen LogP contribution in [0.25, 0.3) is 11.6 Å². The van der Waals surface area contributed by atoms with E-state index in [1.165, 1.54) is 76.2 Å². The number of alkyl halides is 1. The Hall–Kier alpha value is -4.01. The number of hydrogen-bond acceptors (Lipinski definition) is 12. The van der Waals surface area contributed by atoms with Crippen LogP contribution < -0.4 is 19.3 Å². The number of amides is 1. The van der Waals surface area contributed by atoms with Crippen LogP contribution in [-0.2, 0) is 20.0 Å². The molecule has 4 heterocycles. The molecule has 24 heteroatoms.